The van der Waals surface area contributed by atoms with Crippen molar-refractivity contribution in [3.63, 3.8) is 0 Å². The number of amides is 1. The van der Waals surface area contributed by atoms with Gasteiger partial charge in [-0.25, -0.2) is 4.39 Å². The molecule has 0 saturated heterocycles. The maximum Gasteiger partial charge on any atom is 0.310 e. The lowest BCUT2D eigenvalue weighted by Crippen LogP contribution is -2.22. The number of ether oxygens (including phenoxy) is 1. The van der Waals surface area contributed by atoms with Crippen molar-refractivity contribution in [1.82, 2.24) is 0 Å². The fourth-order valence-corrected chi connectivity index (χ4v) is 2.41. The third kappa shape index (κ3) is 4.84. The largest absolute Gasteiger partial charge is 0.455 e. The van der Waals surface area contributed by atoms with Crippen LogP contribution in [0, 0.1) is 5.82 Å². The average molecular weight is 391 g/mol. The van der Waals surface area contributed by atoms with Gasteiger partial charge in [0, 0.05) is 10.6 Å². The normalized spacial score (nSPS) is 10.3. The van der Waals surface area contributed by atoms with Crippen LogP contribution in [0.4, 0.5) is 10.1 Å². The number of halogens is 4. The topological polar surface area (TPSA) is 55.4 Å². The van der Waals surface area contributed by atoms with Crippen LogP contribution in [0.25, 0.3) is 0 Å². The summed E-state index contributed by atoms with van der Waals surface area (Å²) in [5, 5.41) is 3.03. The van der Waals surface area contributed by atoms with E-state index in [0.717, 1.165) is 0 Å². The Hall–Kier alpha value is -1.82. The molecule has 0 atom stereocenters. The van der Waals surface area contributed by atoms with E-state index in [-0.39, 0.29) is 27.1 Å². The zero-order valence-corrected chi connectivity index (χ0v) is 14.4. The molecule has 0 heterocycles. The third-order valence-corrected chi connectivity index (χ3v) is 4.15. The molecule has 24 heavy (non-hydrogen) atoms. The molecule has 0 fully saturated rings. The lowest BCUT2D eigenvalue weighted by atomic mass is 10.1. The van der Waals surface area contributed by atoms with Gasteiger partial charge in [0.15, 0.2) is 6.61 Å². The highest BCUT2D eigenvalue weighted by Crippen LogP contribution is 2.29. The minimum atomic E-state index is -0.783. The fraction of sp³-hybridized carbons (Fsp3) is 0.125. The molecule has 0 aliphatic carbocycles. The Kier molecular flexibility index (Phi) is 6.43. The lowest BCUT2D eigenvalue weighted by molar-refractivity contribution is -0.146. The molecule has 126 valence electrons. The van der Waals surface area contributed by atoms with Crippen LogP contribution in [0.15, 0.2) is 36.4 Å². The number of carbonyl (C=O) groups is 2. The molecular weight excluding hydrogens is 380 g/mol. The summed E-state index contributed by atoms with van der Waals surface area (Å²) < 4.78 is 18.4. The Labute approximate surface area is 152 Å². The van der Waals surface area contributed by atoms with Crippen molar-refractivity contribution in [1.29, 1.82) is 0 Å². The molecule has 1 amide bonds. The fourth-order valence-electron chi connectivity index (χ4n) is 1.83. The van der Waals surface area contributed by atoms with Crippen LogP contribution in [0.3, 0.4) is 0 Å². The summed E-state index contributed by atoms with van der Waals surface area (Å²) in [6.07, 6.45) is -0.378. The Morgan fingerprint density at radius 2 is 1.71 bits per heavy atom. The minimum Gasteiger partial charge on any atom is -0.455 e. The molecule has 8 heteroatoms. The summed E-state index contributed by atoms with van der Waals surface area (Å²) in [6, 6.07) is 8.79. The lowest BCUT2D eigenvalue weighted by Gasteiger charge is -2.09. The van der Waals surface area contributed by atoms with Crippen molar-refractivity contribution >= 4 is 52.4 Å². The maximum atomic E-state index is 13.6. The predicted molar refractivity (Wildman–Crippen MR) is 91.2 cm³/mol. The van der Waals surface area contributed by atoms with Gasteiger partial charge < -0.3 is 10.1 Å². The van der Waals surface area contributed by atoms with Crippen molar-refractivity contribution in [2.75, 3.05) is 11.9 Å². The van der Waals surface area contributed by atoms with Gasteiger partial charge in [0.2, 0.25) is 0 Å². The van der Waals surface area contributed by atoms with Crippen molar-refractivity contribution < 1.29 is 18.7 Å². The molecule has 4 nitrogen and oxygen atoms in total. The van der Waals surface area contributed by atoms with Crippen LogP contribution in [0.1, 0.15) is 5.56 Å². The van der Waals surface area contributed by atoms with Crippen LogP contribution >= 0.6 is 34.8 Å². The van der Waals surface area contributed by atoms with E-state index in [1.165, 1.54) is 18.2 Å². The Bertz CT molecular complexity index is 763. The smallest absolute Gasteiger partial charge is 0.310 e. The van der Waals surface area contributed by atoms with Crippen molar-refractivity contribution in [2.45, 2.75) is 6.42 Å². The van der Waals surface area contributed by atoms with Crippen LogP contribution in [0.2, 0.25) is 15.1 Å². The van der Waals surface area contributed by atoms with Crippen LogP contribution in [0.5, 0.6) is 0 Å². The number of anilines is 1. The Balaban J connectivity index is 1.90. The highest BCUT2D eigenvalue weighted by atomic mass is 35.5. The predicted octanol–water partition coefficient (Wildman–Crippen LogP) is 4.51. The maximum absolute atomic E-state index is 13.6. The number of carbonyl (C=O) groups excluding carboxylic acids is 2. The quantitative estimate of drug-likeness (QED) is 0.764. The molecule has 0 aliphatic heterocycles. The summed E-state index contributed by atoms with van der Waals surface area (Å²) in [7, 11) is 0. The summed E-state index contributed by atoms with van der Waals surface area (Å²) in [5.41, 5.74) is 0.310. The molecule has 2 aromatic rings. The molecule has 0 bridgehead atoms. The second-order valence-electron chi connectivity index (χ2n) is 4.69. The first-order valence-corrected chi connectivity index (χ1v) is 7.84. The zero-order chi connectivity index (χ0) is 17.7. The van der Waals surface area contributed by atoms with Crippen LogP contribution < -0.4 is 5.32 Å². The molecule has 0 radical (unpaired) electrons. The van der Waals surface area contributed by atoms with Gasteiger partial charge in [0.1, 0.15) is 5.82 Å². The molecule has 2 rings (SSSR count). The van der Waals surface area contributed by atoms with Gasteiger partial charge in [-0.1, -0.05) is 46.9 Å². The van der Waals surface area contributed by atoms with Crippen molar-refractivity contribution in [3.8, 4) is 0 Å². The Morgan fingerprint density at radius 1 is 1.04 bits per heavy atom. The van der Waals surface area contributed by atoms with Crippen molar-refractivity contribution in [3.05, 3.63) is 62.8 Å². The van der Waals surface area contributed by atoms with Gasteiger partial charge >= 0.3 is 5.97 Å². The van der Waals surface area contributed by atoms with Crippen LogP contribution in [-0.2, 0) is 20.7 Å². The monoisotopic (exact) mass is 389 g/mol. The Morgan fingerprint density at radius 3 is 2.42 bits per heavy atom. The van der Waals surface area contributed by atoms with E-state index in [9.17, 15) is 14.0 Å². The number of hydrogen-bond donors (Lipinski definition) is 1. The van der Waals surface area contributed by atoms with Crippen LogP contribution in [-0.4, -0.2) is 18.5 Å². The van der Waals surface area contributed by atoms with Gasteiger partial charge in [-0.15, -0.1) is 0 Å². The number of nitrogens with one attached hydrogen (secondary N) is 1. The minimum absolute atomic E-state index is 0.0162. The highest BCUT2D eigenvalue weighted by molar-refractivity contribution is 6.44. The molecule has 0 saturated carbocycles. The number of esters is 1. The van der Waals surface area contributed by atoms with Gasteiger partial charge in [-0.05, 0) is 24.3 Å². The van der Waals surface area contributed by atoms with E-state index in [4.69, 9.17) is 39.5 Å². The molecule has 0 spiro atoms. The summed E-state index contributed by atoms with van der Waals surface area (Å²) in [6.45, 7) is -0.548. The van der Waals surface area contributed by atoms with Gasteiger partial charge in [0.05, 0.1) is 22.2 Å². The molecule has 0 aromatic heterocycles. The number of benzene rings is 2. The van der Waals surface area contributed by atoms with E-state index in [0.29, 0.717) is 5.69 Å². The van der Waals surface area contributed by atoms with Gasteiger partial charge in [0.25, 0.3) is 5.91 Å². The number of rotatable bonds is 5. The van der Waals surface area contributed by atoms with E-state index in [1.807, 2.05) is 0 Å². The zero-order valence-electron chi connectivity index (χ0n) is 12.1. The molecule has 1 N–H and O–H groups in total. The van der Waals surface area contributed by atoms with Gasteiger partial charge in [-0.2, -0.15) is 0 Å². The summed E-state index contributed by atoms with van der Waals surface area (Å²) in [5.74, 6) is -2.00. The average Bonchev–Trinajstić information content (AvgIpc) is 2.53. The van der Waals surface area contributed by atoms with E-state index >= 15 is 0 Å². The SMILES string of the molecule is O=C(COC(=O)Cc1c(F)cccc1Cl)Nc1cccc(Cl)c1Cl. The summed E-state index contributed by atoms with van der Waals surface area (Å²) in [4.78, 5) is 23.5. The van der Waals surface area contributed by atoms with E-state index < -0.39 is 24.3 Å². The molecular formula is C16H11Cl3FNO3. The van der Waals surface area contributed by atoms with E-state index in [1.54, 1.807) is 18.2 Å². The first kappa shape index (κ1) is 18.5. The second-order valence-corrected chi connectivity index (χ2v) is 5.88. The number of hydrogen-bond acceptors (Lipinski definition) is 3. The third-order valence-electron chi connectivity index (χ3n) is 2.97. The first-order chi connectivity index (χ1) is 11.4. The second kappa shape index (κ2) is 8.33. The molecule has 0 unspecified atom stereocenters. The highest BCUT2D eigenvalue weighted by Gasteiger charge is 2.15. The van der Waals surface area contributed by atoms with Crippen molar-refractivity contribution in [2.24, 2.45) is 0 Å². The van der Waals surface area contributed by atoms with E-state index in [2.05, 4.69) is 5.32 Å². The van der Waals surface area contributed by atoms with Gasteiger partial charge in [-0.3, -0.25) is 9.59 Å². The standard InChI is InChI=1S/C16H11Cl3FNO3/c17-10-3-1-5-12(20)9(10)7-15(23)24-8-14(22)21-13-6-2-4-11(18)16(13)19/h1-6H,7-8H2,(H,21,22). The molecule has 2 aromatic carbocycles. The first-order valence-electron chi connectivity index (χ1n) is 6.71. The summed E-state index contributed by atoms with van der Waals surface area (Å²) >= 11 is 17.6. The molecule has 0 aliphatic rings.